The van der Waals surface area contributed by atoms with Gasteiger partial charge in [-0.2, -0.15) is 0 Å². The highest BCUT2D eigenvalue weighted by molar-refractivity contribution is 7.14. The molecule has 1 aliphatic rings. The molecule has 4 rings (SSSR count). The monoisotopic (exact) mass is 425 g/mol. The Hall–Kier alpha value is -3.13. The highest BCUT2D eigenvalue weighted by atomic mass is 32.1. The molecule has 0 radical (unpaired) electrons. The molecule has 1 N–H and O–H groups in total. The number of ether oxygens (including phenoxy) is 1. The van der Waals surface area contributed by atoms with Crippen LogP contribution in [0, 0.1) is 0 Å². The van der Waals surface area contributed by atoms with Gasteiger partial charge in [-0.1, -0.05) is 18.2 Å². The molecule has 0 saturated heterocycles. The first-order chi connectivity index (χ1) is 14.5. The van der Waals surface area contributed by atoms with E-state index in [-0.39, 0.29) is 24.1 Å². The number of thiazole rings is 1. The summed E-state index contributed by atoms with van der Waals surface area (Å²) in [5.41, 5.74) is 3.90. The predicted octanol–water partition coefficient (Wildman–Crippen LogP) is 4.05. The normalized spacial score (nSPS) is 15.1. The van der Waals surface area contributed by atoms with Crippen molar-refractivity contribution in [2.75, 3.05) is 16.8 Å². The van der Waals surface area contributed by atoms with Gasteiger partial charge in [-0.05, 0) is 38.0 Å². The number of carbonyl (C=O) groups excluding carboxylic acids is 2. The van der Waals surface area contributed by atoms with E-state index in [1.54, 1.807) is 12.3 Å². The zero-order valence-electron chi connectivity index (χ0n) is 16.9. The van der Waals surface area contributed by atoms with E-state index < -0.39 is 0 Å². The van der Waals surface area contributed by atoms with Gasteiger partial charge in [-0.15, -0.1) is 11.3 Å². The van der Waals surface area contributed by atoms with Gasteiger partial charge in [-0.25, -0.2) is 4.98 Å². The standard InChI is InChI=1S/C22H23N3O4S/c1-3-28-19(26)11-17-13-30-22(23-17)24-21(27)20-16(8-9-29-20)12-25-14(2)10-15-6-4-5-7-18(15)25/h4-9,13-14H,3,10-12H2,1-2H3,(H,23,24,27). The summed E-state index contributed by atoms with van der Waals surface area (Å²) in [5, 5.41) is 4.92. The highest BCUT2D eigenvalue weighted by Gasteiger charge is 2.28. The third kappa shape index (κ3) is 4.23. The minimum Gasteiger partial charge on any atom is -0.466 e. The van der Waals surface area contributed by atoms with Gasteiger partial charge in [0.1, 0.15) is 0 Å². The Kier molecular flexibility index (Phi) is 5.85. The summed E-state index contributed by atoms with van der Waals surface area (Å²) < 4.78 is 10.4. The van der Waals surface area contributed by atoms with Crippen LogP contribution in [0.3, 0.4) is 0 Å². The first-order valence-electron chi connectivity index (χ1n) is 9.87. The zero-order valence-corrected chi connectivity index (χ0v) is 17.7. The highest BCUT2D eigenvalue weighted by Crippen LogP contribution is 2.33. The van der Waals surface area contributed by atoms with Crippen molar-refractivity contribution < 1.29 is 18.7 Å². The van der Waals surface area contributed by atoms with Crippen LogP contribution in [0.25, 0.3) is 0 Å². The molecule has 0 spiro atoms. The summed E-state index contributed by atoms with van der Waals surface area (Å²) in [5.74, 6) is -0.421. The van der Waals surface area contributed by atoms with Gasteiger partial charge in [-0.3, -0.25) is 14.9 Å². The van der Waals surface area contributed by atoms with E-state index in [4.69, 9.17) is 9.15 Å². The lowest BCUT2D eigenvalue weighted by atomic mass is 10.1. The largest absolute Gasteiger partial charge is 0.466 e. The summed E-state index contributed by atoms with van der Waals surface area (Å²) in [6.07, 6.45) is 2.60. The summed E-state index contributed by atoms with van der Waals surface area (Å²) in [4.78, 5) is 31.0. The molecule has 156 valence electrons. The van der Waals surface area contributed by atoms with Gasteiger partial charge < -0.3 is 14.1 Å². The number of hydrogen-bond donors (Lipinski definition) is 1. The topological polar surface area (TPSA) is 84.7 Å². The maximum absolute atomic E-state index is 12.8. The number of esters is 1. The minimum atomic E-state index is -0.354. The Labute approximate surface area is 178 Å². The minimum absolute atomic E-state index is 0.0818. The van der Waals surface area contributed by atoms with Crippen molar-refractivity contribution in [3.05, 3.63) is 64.6 Å². The van der Waals surface area contributed by atoms with Crippen molar-refractivity contribution in [2.45, 2.75) is 39.3 Å². The summed E-state index contributed by atoms with van der Waals surface area (Å²) in [6, 6.07) is 10.5. The molecule has 0 aliphatic carbocycles. The Balaban J connectivity index is 1.44. The quantitative estimate of drug-likeness (QED) is 0.575. The molecule has 7 nitrogen and oxygen atoms in total. The number of carbonyl (C=O) groups is 2. The number of benzene rings is 1. The number of rotatable bonds is 7. The number of amides is 1. The van der Waals surface area contributed by atoms with Crippen LogP contribution in [-0.2, 0) is 28.9 Å². The molecule has 0 bridgehead atoms. The third-order valence-corrected chi connectivity index (χ3v) is 5.85. The predicted molar refractivity (Wildman–Crippen MR) is 115 cm³/mol. The molecule has 1 amide bonds. The lowest BCUT2D eigenvalue weighted by Gasteiger charge is -2.24. The second kappa shape index (κ2) is 8.71. The molecule has 1 atom stereocenters. The molecule has 3 aromatic rings. The summed E-state index contributed by atoms with van der Waals surface area (Å²) >= 11 is 1.26. The van der Waals surface area contributed by atoms with E-state index in [1.807, 2.05) is 12.1 Å². The van der Waals surface area contributed by atoms with Crippen LogP contribution in [0.4, 0.5) is 10.8 Å². The Morgan fingerprint density at radius 3 is 3.00 bits per heavy atom. The van der Waals surface area contributed by atoms with Crippen molar-refractivity contribution in [2.24, 2.45) is 0 Å². The number of para-hydroxylation sites is 1. The number of aromatic nitrogens is 1. The second-order valence-electron chi connectivity index (χ2n) is 7.16. The first kappa shape index (κ1) is 20.2. The van der Waals surface area contributed by atoms with Crippen LogP contribution < -0.4 is 10.2 Å². The fourth-order valence-corrected chi connectivity index (χ4v) is 4.38. The maximum atomic E-state index is 12.8. The Morgan fingerprint density at radius 2 is 2.17 bits per heavy atom. The molecule has 0 saturated carbocycles. The van der Waals surface area contributed by atoms with Gasteiger partial charge in [0.15, 0.2) is 10.9 Å². The molecule has 0 fully saturated rings. The number of fused-ring (bicyclic) bond motifs is 1. The van der Waals surface area contributed by atoms with Crippen molar-refractivity contribution >= 4 is 34.0 Å². The van der Waals surface area contributed by atoms with Gasteiger partial charge >= 0.3 is 5.97 Å². The van der Waals surface area contributed by atoms with Crippen LogP contribution in [0.5, 0.6) is 0 Å². The van der Waals surface area contributed by atoms with Crippen LogP contribution in [-0.4, -0.2) is 29.5 Å². The van der Waals surface area contributed by atoms with Crippen molar-refractivity contribution in [1.29, 1.82) is 0 Å². The van der Waals surface area contributed by atoms with Crippen LogP contribution in [0.2, 0.25) is 0 Å². The number of anilines is 2. The van der Waals surface area contributed by atoms with Gasteiger partial charge in [0.2, 0.25) is 0 Å². The molecular weight excluding hydrogens is 402 g/mol. The Morgan fingerprint density at radius 1 is 1.33 bits per heavy atom. The second-order valence-corrected chi connectivity index (χ2v) is 8.02. The number of hydrogen-bond acceptors (Lipinski definition) is 7. The van der Waals surface area contributed by atoms with E-state index in [2.05, 4.69) is 40.3 Å². The lowest BCUT2D eigenvalue weighted by molar-refractivity contribution is -0.142. The Bertz CT molecular complexity index is 1060. The van der Waals surface area contributed by atoms with Gasteiger partial charge in [0.25, 0.3) is 5.91 Å². The van der Waals surface area contributed by atoms with Gasteiger partial charge in [0.05, 0.1) is 25.0 Å². The number of nitrogens with one attached hydrogen (secondary N) is 1. The lowest BCUT2D eigenvalue weighted by Crippen LogP contribution is -2.29. The average Bonchev–Trinajstić information content (AvgIpc) is 3.42. The van der Waals surface area contributed by atoms with Crippen molar-refractivity contribution in [1.82, 2.24) is 4.98 Å². The summed E-state index contributed by atoms with van der Waals surface area (Å²) in [6.45, 7) is 4.85. The average molecular weight is 426 g/mol. The van der Waals surface area contributed by atoms with Crippen LogP contribution in [0.15, 0.2) is 46.4 Å². The smallest absolute Gasteiger partial charge is 0.311 e. The first-order valence-corrected chi connectivity index (χ1v) is 10.8. The molecule has 1 aliphatic heterocycles. The van der Waals surface area contributed by atoms with Gasteiger partial charge in [0, 0.05) is 29.2 Å². The molecule has 1 unspecified atom stereocenters. The van der Waals surface area contributed by atoms with E-state index in [0.717, 1.165) is 12.0 Å². The van der Waals surface area contributed by atoms with E-state index in [1.165, 1.54) is 28.9 Å². The molecular formula is C22H23N3O4S. The van der Waals surface area contributed by atoms with Crippen molar-refractivity contribution in [3.8, 4) is 0 Å². The molecule has 1 aromatic carbocycles. The van der Waals surface area contributed by atoms with Crippen LogP contribution >= 0.6 is 11.3 Å². The fourth-order valence-electron chi connectivity index (χ4n) is 3.67. The van der Waals surface area contributed by atoms with E-state index in [0.29, 0.717) is 30.0 Å². The molecule has 8 heteroatoms. The molecule has 2 aromatic heterocycles. The number of furan rings is 1. The molecule has 30 heavy (non-hydrogen) atoms. The molecule has 3 heterocycles. The van der Waals surface area contributed by atoms with Crippen LogP contribution in [0.1, 0.15) is 41.2 Å². The maximum Gasteiger partial charge on any atom is 0.311 e. The van der Waals surface area contributed by atoms with E-state index >= 15 is 0 Å². The van der Waals surface area contributed by atoms with E-state index in [9.17, 15) is 9.59 Å². The SMILES string of the molecule is CCOC(=O)Cc1csc(NC(=O)c2occc2CN2c3ccccc3CC2C)n1. The van der Waals surface area contributed by atoms with Crippen molar-refractivity contribution in [3.63, 3.8) is 0 Å². The summed E-state index contributed by atoms with van der Waals surface area (Å²) in [7, 11) is 0. The number of nitrogens with zero attached hydrogens (tertiary/aromatic N) is 2. The zero-order chi connectivity index (χ0) is 21.1. The third-order valence-electron chi connectivity index (χ3n) is 5.05. The fraction of sp³-hybridized carbons (Fsp3) is 0.318.